The first-order valence-corrected chi connectivity index (χ1v) is 8.92. The van der Waals surface area contributed by atoms with Crippen molar-refractivity contribution in [1.29, 1.82) is 0 Å². The summed E-state index contributed by atoms with van der Waals surface area (Å²) in [6, 6.07) is 5.34. The highest BCUT2D eigenvalue weighted by molar-refractivity contribution is 7.17. The molecule has 0 amide bonds. The lowest BCUT2D eigenvalue weighted by Crippen LogP contribution is -2.15. The smallest absolute Gasteiger partial charge is 0.347 e. The Bertz CT molecular complexity index is 716. The first-order chi connectivity index (χ1) is 11.4. The van der Waals surface area contributed by atoms with E-state index >= 15 is 0 Å². The van der Waals surface area contributed by atoms with Gasteiger partial charge in [0.1, 0.15) is 15.6 Å². The van der Waals surface area contributed by atoms with Gasteiger partial charge in [-0.25, -0.2) is 9.78 Å². The largest absolute Gasteiger partial charge is 0.493 e. The van der Waals surface area contributed by atoms with E-state index in [0.29, 0.717) is 34.5 Å². The van der Waals surface area contributed by atoms with Crippen molar-refractivity contribution in [2.45, 2.75) is 19.8 Å². The van der Waals surface area contributed by atoms with Crippen LogP contribution in [0, 0.1) is 0 Å². The van der Waals surface area contributed by atoms with E-state index in [1.807, 2.05) is 21.0 Å². The number of carboxylic acid groups (broad SMARTS) is 1. The minimum absolute atomic E-state index is 0.269. The maximum Gasteiger partial charge on any atom is 0.347 e. The lowest BCUT2D eigenvalue weighted by molar-refractivity contribution is 0.0701. The molecule has 0 atom stereocenters. The Hall–Kier alpha value is -1.63. The van der Waals surface area contributed by atoms with Crippen molar-refractivity contribution in [2.24, 2.45) is 0 Å². The van der Waals surface area contributed by atoms with Gasteiger partial charge in [0, 0.05) is 11.6 Å². The second-order valence-electron chi connectivity index (χ2n) is 5.60. The van der Waals surface area contributed by atoms with E-state index < -0.39 is 5.97 Å². The number of aromatic carboxylic acids is 1. The lowest BCUT2D eigenvalue weighted by Gasteiger charge is -2.12. The average molecular weight is 369 g/mol. The molecule has 1 aromatic heterocycles. The van der Waals surface area contributed by atoms with Crippen LogP contribution in [-0.4, -0.2) is 48.2 Å². The molecule has 0 aliphatic rings. The molecule has 1 heterocycles. The second-order valence-corrected chi connectivity index (χ2v) is 7.03. The molecule has 2 rings (SSSR count). The van der Waals surface area contributed by atoms with Crippen LogP contribution in [0.3, 0.4) is 0 Å². The molecule has 1 aromatic carbocycles. The van der Waals surface area contributed by atoms with Crippen molar-refractivity contribution in [2.75, 3.05) is 27.2 Å². The fourth-order valence-corrected chi connectivity index (χ4v) is 3.42. The average Bonchev–Trinajstić information content (AvgIpc) is 2.97. The third kappa shape index (κ3) is 4.69. The molecule has 0 saturated carbocycles. The van der Waals surface area contributed by atoms with Crippen LogP contribution in [0.15, 0.2) is 18.2 Å². The molecule has 0 radical (unpaired) electrons. The quantitative estimate of drug-likeness (QED) is 0.712. The van der Waals surface area contributed by atoms with Crippen LogP contribution in [0.25, 0.3) is 10.6 Å². The van der Waals surface area contributed by atoms with Crippen molar-refractivity contribution >= 4 is 28.9 Å². The summed E-state index contributed by atoms with van der Waals surface area (Å²) in [4.78, 5) is 18.2. The zero-order valence-electron chi connectivity index (χ0n) is 14.0. The number of hydrogen-bond donors (Lipinski definition) is 1. The Morgan fingerprint density at radius 2 is 2.17 bits per heavy atom. The van der Waals surface area contributed by atoms with Crippen LogP contribution in [0.1, 0.15) is 28.7 Å². The predicted molar refractivity (Wildman–Crippen MR) is 97.6 cm³/mol. The van der Waals surface area contributed by atoms with Gasteiger partial charge in [-0.3, -0.25) is 0 Å². The minimum atomic E-state index is -0.953. The molecule has 1 N–H and O–H groups in total. The van der Waals surface area contributed by atoms with Crippen molar-refractivity contribution < 1.29 is 14.6 Å². The standard InChI is InChI=1S/C17H21ClN2O3S/c1-4-13-15(17(21)22)24-16(19-13)12-10-11(18)6-7-14(12)23-9-5-8-20(2)3/h6-7,10H,4-5,8-9H2,1-3H3,(H,21,22). The molecule has 130 valence electrons. The Kier molecular flexibility index (Phi) is 6.60. The van der Waals surface area contributed by atoms with Gasteiger partial charge in [0.05, 0.1) is 17.9 Å². The number of aryl methyl sites for hydroxylation is 1. The van der Waals surface area contributed by atoms with Crippen LogP contribution in [0.5, 0.6) is 5.75 Å². The lowest BCUT2D eigenvalue weighted by atomic mass is 10.2. The molecule has 0 aliphatic heterocycles. The normalized spacial score (nSPS) is 11.0. The number of ether oxygens (including phenoxy) is 1. The van der Waals surface area contributed by atoms with Crippen molar-refractivity contribution in [3.05, 3.63) is 33.8 Å². The van der Waals surface area contributed by atoms with E-state index in [2.05, 4.69) is 9.88 Å². The molecule has 2 aromatic rings. The summed E-state index contributed by atoms with van der Waals surface area (Å²) >= 11 is 7.27. The SMILES string of the molecule is CCc1nc(-c2cc(Cl)ccc2OCCCN(C)C)sc1C(=O)O. The number of carbonyl (C=O) groups is 1. The molecule has 5 nitrogen and oxygen atoms in total. The zero-order chi connectivity index (χ0) is 17.7. The Balaban J connectivity index is 2.28. The Morgan fingerprint density at radius 1 is 1.42 bits per heavy atom. The molecular weight excluding hydrogens is 348 g/mol. The molecule has 0 spiro atoms. The summed E-state index contributed by atoms with van der Waals surface area (Å²) in [5.41, 5.74) is 1.32. The Morgan fingerprint density at radius 3 is 2.75 bits per heavy atom. The molecule has 0 saturated heterocycles. The monoisotopic (exact) mass is 368 g/mol. The Labute approximate surface area is 150 Å². The maximum atomic E-state index is 11.4. The number of halogens is 1. The third-order valence-corrected chi connectivity index (χ3v) is 4.76. The minimum Gasteiger partial charge on any atom is -0.493 e. The second kappa shape index (κ2) is 8.46. The summed E-state index contributed by atoms with van der Waals surface area (Å²) in [7, 11) is 4.03. The summed E-state index contributed by atoms with van der Waals surface area (Å²) in [6.07, 6.45) is 1.46. The van der Waals surface area contributed by atoms with Gasteiger partial charge in [-0.1, -0.05) is 18.5 Å². The van der Waals surface area contributed by atoms with Gasteiger partial charge in [0.2, 0.25) is 0 Å². The van der Waals surface area contributed by atoms with Crippen molar-refractivity contribution in [3.63, 3.8) is 0 Å². The number of hydrogen-bond acceptors (Lipinski definition) is 5. The molecular formula is C17H21ClN2O3S. The number of nitrogens with zero attached hydrogens (tertiary/aromatic N) is 2. The molecule has 0 unspecified atom stereocenters. The molecule has 0 bridgehead atoms. The first kappa shape index (κ1) is 18.7. The molecule has 0 aliphatic carbocycles. The fraction of sp³-hybridized carbons (Fsp3) is 0.412. The van der Waals surface area contributed by atoms with Gasteiger partial charge in [0.25, 0.3) is 0 Å². The maximum absolute atomic E-state index is 11.4. The highest BCUT2D eigenvalue weighted by Crippen LogP contribution is 2.36. The van der Waals surface area contributed by atoms with Crippen LogP contribution < -0.4 is 4.74 Å². The number of rotatable bonds is 8. The van der Waals surface area contributed by atoms with E-state index in [0.717, 1.165) is 29.9 Å². The summed E-state index contributed by atoms with van der Waals surface area (Å²) < 4.78 is 5.87. The van der Waals surface area contributed by atoms with E-state index in [9.17, 15) is 9.90 Å². The number of carboxylic acids is 1. The zero-order valence-corrected chi connectivity index (χ0v) is 15.6. The third-order valence-electron chi connectivity index (χ3n) is 3.41. The van der Waals surface area contributed by atoms with Gasteiger partial charge >= 0.3 is 5.97 Å². The van der Waals surface area contributed by atoms with Crippen LogP contribution in [0.4, 0.5) is 0 Å². The van der Waals surface area contributed by atoms with Crippen LogP contribution >= 0.6 is 22.9 Å². The van der Waals surface area contributed by atoms with E-state index in [4.69, 9.17) is 16.3 Å². The first-order valence-electron chi connectivity index (χ1n) is 7.72. The number of thiazole rings is 1. The van der Waals surface area contributed by atoms with Crippen LogP contribution in [0.2, 0.25) is 5.02 Å². The highest BCUT2D eigenvalue weighted by atomic mass is 35.5. The van der Waals surface area contributed by atoms with E-state index in [1.165, 1.54) is 0 Å². The predicted octanol–water partition coefficient (Wildman–Crippen LogP) is 4.05. The van der Waals surface area contributed by atoms with Crippen molar-refractivity contribution in [3.8, 4) is 16.3 Å². The molecule has 0 fully saturated rings. The van der Waals surface area contributed by atoms with Crippen LogP contribution in [-0.2, 0) is 6.42 Å². The summed E-state index contributed by atoms with van der Waals surface area (Å²) in [5, 5.41) is 10.5. The van der Waals surface area contributed by atoms with E-state index in [-0.39, 0.29) is 4.88 Å². The van der Waals surface area contributed by atoms with E-state index in [1.54, 1.807) is 18.2 Å². The topological polar surface area (TPSA) is 62.7 Å². The van der Waals surface area contributed by atoms with Gasteiger partial charge < -0.3 is 14.7 Å². The van der Waals surface area contributed by atoms with Gasteiger partial charge in [0.15, 0.2) is 0 Å². The van der Waals surface area contributed by atoms with Crippen molar-refractivity contribution in [1.82, 2.24) is 9.88 Å². The number of aromatic nitrogens is 1. The molecule has 7 heteroatoms. The van der Waals surface area contributed by atoms with Gasteiger partial charge in [-0.2, -0.15) is 0 Å². The fourth-order valence-electron chi connectivity index (χ4n) is 2.23. The van der Waals surface area contributed by atoms with Gasteiger partial charge in [-0.15, -0.1) is 11.3 Å². The number of benzene rings is 1. The summed E-state index contributed by atoms with van der Waals surface area (Å²) in [5.74, 6) is -0.280. The summed E-state index contributed by atoms with van der Waals surface area (Å²) in [6.45, 7) is 3.40. The molecule has 24 heavy (non-hydrogen) atoms. The van der Waals surface area contributed by atoms with Gasteiger partial charge in [-0.05, 0) is 45.1 Å². The highest BCUT2D eigenvalue weighted by Gasteiger charge is 2.19.